The third kappa shape index (κ3) is 3.81. The van der Waals surface area contributed by atoms with Crippen LogP contribution in [0, 0.1) is 0 Å². The van der Waals surface area contributed by atoms with Crippen LogP contribution in [-0.2, 0) is 6.54 Å². The fraction of sp³-hybridized carbons (Fsp3) is 0.357. The highest BCUT2D eigenvalue weighted by Gasteiger charge is 2.12. The lowest BCUT2D eigenvalue weighted by Crippen LogP contribution is -2.35. The molecule has 102 valence electrons. The topological polar surface area (TPSA) is 29.9 Å². The highest BCUT2D eigenvalue weighted by atomic mass is 79.9. The Balaban J connectivity index is 2.28. The zero-order valence-corrected chi connectivity index (χ0v) is 13.6. The minimum absolute atomic E-state index is 0.0681. The summed E-state index contributed by atoms with van der Waals surface area (Å²) in [6, 6.07) is 5.84. The first-order valence-corrected chi connectivity index (χ1v) is 7.25. The number of nitrogens with one attached hydrogen (secondary N) is 1. The van der Waals surface area contributed by atoms with Crippen molar-refractivity contribution in [3.63, 3.8) is 0 Å². The second-order valence-corrected chi connectivity index (χ2v) is 6.78. The average Bonchev–Trinajstić information content (AvgIpc) is 2.73. The van der Waals surface area contributed by atoms with Crippen LogP contribution in [0.2, 0.25) is 5.02 Å². The molecule has 0 saturated carbocycles. The number of aromatic nitrogens is 2. The molecule has 0 aliphatic carbocycles. The van der Waals surface area contributed by atoms with Crippen LogP contribution in [0.25, 0.3) is 5.69 Å². The summed E-state index contributed by atoms with van der Waals surface area (Å²) in [6.45, 7) is 7.16. The molecule has 1 aromatic heterocycles. The van der Waals surface area contributed by atoms with Crippen LogP contribution < -0.4 is 5.32 Å². The van der Waals surface area contributed by atoms with Gasteiger partial charge in [0, 0.05) is 22.8 Å². The van der Waals surface area contributed by atoms with Gasteiger partial charge in [0.1, 0.15) is 0 Å². The van der Waals surface area contributed by atoms with E-state index in [-0.39, 0.29) is 5.54 Å². The van der Waals surface area contributed by atoms with E-state index in [4.69, 9.17) is 11.6 Å². The van der Waals surface area contributed by atoms with E-state index in [1.807, 2.05) is 29.0 Å². The molecule has 0 aliphatic rings. The molecule has 1 N–H and O–H groups in total. The Morgan fingerprint density at radius 2 is 2.11 bits per heavy atom. The van der Waals surface area contributed by atoms with Gasteiger partial charge in [-0.05, 0) is 39.0 Å². The Bertz CT molecular complexity index is 572. The molecule has 1 aromatic carbocycles. The summed E-state index contributed by atoms with van der Waals surface area (Å²) in [5, 5.41) is 4.15. The van der Waals surface area contributed by atoms with Crippen molar-refractivity contribution in [3.8, 4) is 5.69 Å². The fourth-order valence-corrected chi connectivity index (χ4v) is 2.47. The van der Waals surface area contributed by atoms with Gasteiger partial charge in [-0.2, -0.15) is 0 Å². The van der Waals surface area contributed by atoms with Gasteiger partial charge in [-0.15, -0.1) is 0 Å². The maximum absolute atomic E-state index is 6.28. The van der Waals surface area contributed by atoms with Crippen molar-refractivity contribution in [2.75, 3.05) is 0 Å². The SMILES string of the molecule is CC(C)(C)NCc1cncn1-c1ccc(Br)cc1Cl. The second-order valence-electron chi connectivity index (χ2n) is 5.45. The van der Waals surface area contributed by atoms with Gasteiger partial charge in [-0.1, -0.05) is 27.5 Å². The van der Waals surface area contributed by atoms with Crippen LogP contribution in [0.5, 0.6) is 0 Å². The van der Waals surface area contributed by atoms with E-state index in [1.54, 1.807) is 6.33 Å². The van der Waals surface area contributed by atoms with Crippen molar-refractivity contribution >= 4 is 27.5 Å². The van der Waals surface area contributed by atoms with Gasteiger partial charge in [-0.25, -0.2) is 4.98 Å². The van der Waals surface area contributed by atoms with Crippen LogP contribution in [0.3, 0.4) is 0 Å². The van der Waals surface area contributed by atoms with Gasteiger partial charge < -0.3 is 9.88 Å². The van der Waals surface area contributed by atoms with Crippen LogP contribution in [0.15, 0.2) is 35.2 Å². The summed E-state index contributed by atoms with van der Waals surface area (Å²) in [4.78, 5) is 4.22. The molecule has 0 atom stereocenters. The molecule has 0 unspecified atom stereocenters. The van der Waals surface area contributed by atoms with Gasteiger partial charge in [0.15, 0.2) is 0 Å². The van der Waals surface area contributed by atoms with Gasteiger partial charge in [-0.3, -0.25) is 0 Å². The molecule has 0 saturated heterocycles. The predicted octanol–water partition coefficient (Wildman–Crippen LogP) is 4.18. The molecule has 0 fully saturated rings. The molecule has 0 amide bonds. The summed E-state index contributed by atoms with van der Waals surface area (Å²) in [5.41, 5.74) is 2.09. The molecule has 3 nitrogen and oxygen atoms in total. The molecule has 0 aliphatic heterocycles. The Kier molecular flexibility index (Phi) is 4.33. The predicted molar refractivity (Wildman–Crippen MR) is 82.9 cm³/mol. The van der Waals surface area contributed by atoms with Gasteiger partial charge in [0.05, 0.1) is 22.7 Å². The Morgan fingerprint density at radius 3 is 2.74 bits per heavy atom. The van der Waals surface area contributed by atoms with E-state index in [1.165, 1.54) is 0 Å². The highest BCUT2D eigenvalue weighted by Crippen LogP contribution is 2.25. The maximum Gasteiger partial charge on any atom is 0.0995 e. The summed E-state index contributed by atoms with van der Waals surface area (Å²) >= 11 is 9.70. The number of imidazole rings is 1. The third-order valence-electron chi connectivity index (χ3n) is 2.68. The van der Waals surface area contributed by atoms with Crippen LogP contribution in [0.4, 0.5) is 0 Å². The zero-order valence-electron chi connectivity index (χ0n) is 11.2. The number of benzene rings is 1. The standard InChI is InChI=1S/C14H17BrClN3/c1-14(2,3)18-8-11-7-17-9-19(11)13-5-4-10(15)6-12(13)16/h4-7,9,18H,8H2,1-3H3. The summed E-state index contributed by atoms with van der Waals surface area (Å²) in [6.07, 6.45) is 3.64. The number of hydrogen-bond donors (Lipinski definition) is 1. The first-order valence-electron chi connectivity index (χ1n) is 6.08. The molecule has 0 spiro atoms. The first kappa shape index (κ1) is 14.6. The van der Waals surface area contributed by atoms with E-state index < -0.39 is 0 Å². The summed E-state index contributed by atoms with van der Waals surface area (Å²) in [5.74, 6) is 0. The van der Waals surface area contributed by atoms with Gasteiger partial charge in [0.2, 0.25) is 0 Å². The molecule has 5 heteroatoms. The monoisotopic (exact) mass is 341 g/mol. The van der Waals surface area contributed by atoms with Crippen molar-refractivity contribution in [1.82, 2.24) is 14.9 Å². The molecule has 0 bridgehead atoms. The molecule has 2 aromatic rings. The van der Waals surface area contributed by atoms with E-state index in [0.29, 0.717) is 5.02 Å². The van der Waals surface area contributed by atoms with Gasteiger partial charge >= 0.3 is 0 Å². The molecular formula is C14H17BrClN3. The first-order chi connectivity index (χ1) is 8.87. The van der Waals surface area contributed by atoms with E-state index in [2.05, 4.69) is 47.0 Å². The fourth-order valence-electron chi connectivity index (χ4n) is 1.70. The van der Waals surface area contributed by atoms with Gasteiger partial charge in [0.25, 0.3) is 0 Å². The zero-order chi connectivity index (χ0) is 14.0. The minimum Gasteiger partial charge on any atom is -0.306 e. The molecular weight excluding hydrogens is 326 g/mol. The van der Waals surface area contributed by atoms with Crippen LogP contribution >= 0.6 is 27.5 Å². The van der Waals surface area contributed by atoms with Crippen molar-refractivity contribution < 1.29 is 0 Å². The van der Waals surface area contributed by atoms with E-state index >= 15 is 0 Å². The lowest BCUT2D eigenvalue weighted by atomic mass is 10.1. The highest BCUT2D eigenvalue weighted by molar-refractivity contribution is 9.10. The largest absolute Gasteiger partial charge is 0.306 e. The Hall–Kier alpha value is -0.840. The van der Waals surface area contributed by atoms with Crippen LogP contribution in [-0.4, -0.2) is 15.1 Å². The molecule has 0 radical (unpaired) electrons. The van der Waals surface area contributed by atoms with Crippen molar-refractivity contribution in [2.24, 2.45) is 0 Å². The number of rotatable bonds is 3. The molecule has 2 rings (SSSR count). The van der Waals surface area contributed by atoms with Crippen LogP contribution in [0.1, 0.15) is 26.5 Å². The third-order valence-corrected chi connectivity index (χ3v) is 3.48. The van der Waals surface area contributed by atoms with Crippen molar-refractivity contribution in [1.29, 1.82) is 0 Å². The average molecular weight is 343 g/mol. The number of halogens is 2. The maximum atomic E-state index is 6.28. The normalized spacial score (nSPS) is 11.8. The number of nitrogens with zero attached hydrogens (tertiary/aromatic N) is 2. The lowest BCUT2D eigenvalue weighted by molar-refractivity contribution is 0.419. The molecule has 1 heterocycles. The van der Waals surface area contributed by atoms with E-state index in [0.717, 1.165) is 22.4 Å². The Labute approximate surface area is 127 Å². The van der Waals surface area contributed by atoms with E-state index in [9.17, 15) is 0 Å². The van der Waals surface area contributed by atoms with Crippen molar-refractivity contribution in [2.45, 2.75) is 32.9 Å². The smallest absolute Gasteiger partial charge is 0.0995 e. The summed E-state index contributed by atoms with van der Waals surface area (Å²) in [7, 11) is 0. The van der Waals surface area contributed by atoms with Crippen molar-refractivity contribution in [3.05, 3.63) is 45.9 Å². The minimum atomic E-state index is 0.0681. The molecule has 19 heavy (non-hydrogen) atoms. The summed E-state index contributed by atoms with van der Waals surface area (Å²) < 4.78 is 2.98. The number of hydrogen-bond acceptors (Lipinski definition) is 2. The quantitative estimate of drug-likeness (QED) is 0.907. The Morgan fingerprint density at radius 1 is 1.37 bits per heavy atom. The second kappa shape index (κ2) is 5.65. The lowest BCUT2D eigenvalue weighted by Gasteiger charge is -2.21.